The fourth-order valence-corrected chi connectivity index (χ4v) is 4.39. The van der Waals surface area contributed by atoms with Crippen LogP contribution in [0.4, 0.5) is 5.69 Å². The maximum absolute atomic E-state index is 9.04. The summed E-state index contributed by atoms with van der Waals surface area (Å²) in [4.78, 5) is 10.6. The molecular weight excluding hydrogens is 527 g/mol. The van der Waals surface area contributed by atoms with Crippen molar-refractivity contribution < 1.29 is 4.74 Å². The lowest BCUT2D eigenvalue weighted by atomic mass is 10.1. The number of methoxy groups -OCH3 is 1. The molecule has 0 fully saturated rings. The summed E-state index contributed by atoms with van der Waals surface area (Å²) in [5.41, 5.74) is 4.40. The summed E-state index contributed by atoms with van der Waals surface area (Å²) in [5, 5.41) is 13.8. The number of imidazole rings is 1. The third-order valence-electron chi connectivity index (χ3n) is 5.75. The summed E-state index contributed by atoms with van der Waals surface area (Å²) in [6.45, 7) is 1.73. The molecule has 0 aliphatic heterocycles. The van der Waals surface area contributed by atoms with Crippen molar-refractivity contribution in [2.45, 2.75) is 19.5 Å². The summed E-state index contributed by atoms with van der Waals surface area (Å²) in [6.07, 6.45) is 6.03. The van der Waals surface area contributed by atoms with Gasteiger partial charge >= 0.3 is 0 Å². The number of halogens is 2. The minimum atomic E-state index is 0.471. The van der Waals surface area contributed by atoms with E-state index in [1.54, 1.807) is 25.4 Å². The Hall–Kier alpha value is -3.64. The second-order valence-corrected chi connectivity index (χ2v) is 9.40. The topological polar surface area (TPSA) is 79.0 Å². The normalized spacial score (nSPS) is 10.5. The van der Waals surface area contributed by atoms with E-state index in [2.05, 4.69) is 25.9 Å². The van der Waals surface area contributed by atoms with E-state index < -0.39 is 0 Å². The molecule has 0 saturated carbocycles. The van der Waals surface area contributed by atoms with Crippen molar-refractivity contribution >= 4 is 46.2 Å². The van der Waals surface area contributed by atoms with Crippen LogP contribution >= 0.6 is 35.4 Å². The van der Waals surface area contributed by atoms with Crippen molar-refractivity contribution in [1.29, 1.82) is 5.26 Å². The van der Waals surface area contributed by atoms with Crippen LogP contribution in [-0.2, 0) is 19.5 Å². The zero-order valence-corrected chi connectivity index (χ0v) is 22.4. The second kappa shape index (κ2) is 12.5. The molecule has 188 valence electrons. The Bertz CT molecular complexity index is 1400. The van der Waals surface area contributed by atoms with E-state index in [9.17, 15) is 0 Å². The van der Waals surface area contributed by atoms with Crippen LogP contribution in [0.2, 0.25) is 10.0 Å². The van der Waals surface area contributed by atoms with Gasteiger partial charge in [-0.3, -0.25) is 0 Å². The highest BCUT2D eigenvalue weighted by Crippen LogP contribution is 2.27. The number of hydrogen-bond donors (Lipinski definition) is 1. The molecule has 7 nitrogen and oxygen atoms in total. The summed E-state index contributed by atoms with van der Waals surface area (Å²) < 4.78 is 7.23. The Morgan fingerprint density at radius 2 is 1.95 bits per heavy atom. The highest BCUT2D eigenvalue weighted by Gasteiger charge is 2.16. The van der Waals surface area contributed by atoms with E-state index in [0.29, 0.717) is 52.7 Å². The predicted molar refractivity (Wildman–Crippen MR) is 150 cm³/mol. The fraction of sp³-hybridized carbons (Fsp3) is 0.185. The van der Waals surface area contributed by atoms with Gasteiger partial charge in [0.1, 0.15) is 0 Å². The van der Waals surface area contributed by atoms with Gasteiger partial charge in [0.15, 0.2) is 5.11 Å². The molecule has 0 radical (unpaired) electrons. The Balaban J connectivity index is 1.50. The minimum Gasteiger partial charge on any atom is -0.481 e. The number of rotatable bonds is 9. The average molecular weight is 552 g/mol. The van der Waals surface area contributed by atoms with Gasteiger partial charge in [0, 0.05) is 44.0 Å². The van der Waals surface area contributed by atoms with E-state index in [0.717, 1.165) is 22.5 Å². The number of benzene rings is 2. The van der Waals surface area contributed by atoms with Crippen molar-refractivity contribution in [3.63, 3.8) is 0 Å². The first-order chi connectivity index (χ1) is 18.0. The average Bonchev–Trinajstić information content (AvgIpc) is 3.36. The van der Waals surface area contributed by atoms with Crippen LogP contribution in [0.5, 0.6) is 5.88 Å². The molecule has 4 rings (SSSR count). The van der Waals surface area contributed by atoms with Gasteiger partial charge in [-0.05, 0) is 47.6 Å². The number of ether oxygens (including phenoxy) is 1. The Morgan fingerprint density at radius 1 is 1.14 bits per heavy atom. The predicted octanol–water partition coefficient (Wildman–Crippen LogP) is 5.96. The second-order valence-electron chi connectivity index (χ2n) is 8.23. The van der Waals surface area contributed by atoms with E-state index >= 15 is 0 Å². The lowest BCUT2D eigenvalue weighted by Crippen LogP contribution is -2.36. The highest BCUT2D eigenvalue weighted by atomic mass is 35.5. The van der Waals surface area contributed by atoms with Crippen LogP contribution in [0.15, 0.2) is 73.3 Å². The van der Waals surface area contributed by atoms with Crippen molar-refractivity contribution in [2.75, 3.05) is 19.0 Å². The molecule has 37 heavy (non-hydrogen) atoms. The van der Waals surface area contributed by atoms with Crippen LogP contribution < -0.4 is 10.1 Å². The molecule has 0 spiro atoms. The van der Waals surface area contributed by atoms with Crippen molar-refractivity contribution in [3.8, 4) is 11.9 Å². The Kier molecular flexibility index (Phi) is 8.96. The quantitative estimate of drug-likeness (QED) is 0.258. The zero-order valence-electron chi connectivity index (χ0n) is 20.1. The number of thiocarbonyl (C=S) groups is 1. The molecular formula is C27H24Cl2N6OS. The molecule has 2 aromatic heterocycles. The summed E-state index contributed by atoms with van der Waals surface area (Å²) >= 11 is 18.5. The van der Waals surface area contributed by atoms with Gasteiger partial charge in [-0.1, -0.05) is 47.5 Å². The first kappa shape index (κ1) is 26.4. The number of nitriles is 1. The minimum absolute atomic E-state index is 0.471. The van der Waals surface area contributed by atoms with Crippen molar-refractivity contribution in [2.24, 2.45) is 0 Å². The molecule has 0 atom stereocenters. The number of nitrogens with zero attached hydrogens (tertiary/aromatic N) is 5. The van der Waals surface area contributed by atoms with Crippen LogP contribution in [0.25, 0.3) is 0 Å². The van der Waals surface area contributed by atoms with E-state index in [-0.39, 0.29) is 0 Å². The standard InChI is InChI=1S/C27H24Cl2N6OS/c1-36-25-10-9-22(14-32-25)33-27(37)34(17-21-3-2-4-24(28)26(21)29)12-11-23-15-31-18-35(23)16-20-7-5-19(13-30)6-8-20/h2-10,14-15,18H,11-12,16-17H2,1H3,(H,33,37). The molecule has 2 heterocycles. The molecule has 0 unspecified atom stereocenters. The zero-order chi connectivity index (χ0) is 26.2. The van der Waals surface area contributed by atoms with E-state index in [4.69, 9.17) is 45.4 Å². The smallest absolute Gasteiger partial charge is 0.213 e. The van der Waals surface area contributed by atoms with E-state index in [1.807, 2.05) is 59.9 Å². The number of hydrogen-bond acceptors (Lipinski definition) is 5. The van der Waals surface area contributed by atoms with E-state index in [1.165, 1.54) is 0 Å². The SMILES string of the molecule is COc1ccc(NC(=S)N(CCc2cncn2Cc2ccc(C#N)cc2)Cc2cccc(Cl)c2Cl)cn1. The summed E-state index contributed by atoms with van der Waals surface area (Å²) in [6, 6.07) is 18.9. The number of pyridine rings is 1. The van der Waals surface area contributed by atoms with Crippen LogP contribution in [0, 0.1) is 11.3 Å². The maximum Gasteiger partial charge on any atom is 0.213 e. The molecule has 2 aromatic carbocycles. The van der Waals surface area contributed by atoms with Crippen molar-refractivity contribution in [3.05, 3.63) is 106 Å². The van der Waals surface area contributed by atoms with Crippen LogP contribution in [0.3, 0.4) is 0 Å². The molecule has 0 saturated heterocycles. The highest BCUT2D eigenvalue weighted by molar-refractivity contribution is 7.80. The third-order valence-corrected chi connectivity index (χ3v) is 6.97. The number of aromatic nitrogens is 3. The largest absolute Gasteiger partial charge is 0.481 e. The van der Waals surface area contributed by atoms with Gasteiger partial charge < -0.3 is 19.5 Å². The first-order valence-corrected chi connectivity index (χ1v) is 12.6. The molecule has 4 aromatic rings. The lowest BCUT2D eigenvalue weighted by molar-refractivity contribution is 0.398. The van der Waals surface area contributed by atoms with Gasteiger partial charge in [-0.15, -0.1) is 0 Å². The third kappa shape index (κ3) is 6.98. The summed E-state index contributed by atoms with van der Waals surface area (Å²) in [5.74, 6) is 0.523. The van der Waals surface area contributed by atoms with Gasteiger partial charge in [-0.2, -0.15) is 5.26 Å². The molecule has 1 N–H and O–H groups in total. The van der Waals surface area contributed by atoms with Gasteiger partial charge in [0.25, 0.3) is 0 Å². The Morgan fingerprint density at radius 3 is 2.65 bits per heavy atom. The van der Waals surface area contributed by atoms with Gasteiger partial charge in [-0.25, -0.2) is 9.97 Å². The van der Waals surface area contributed by atoms with Crippen LogP contribution in [-0.4, -0.2) is 38.2 Å². The van der Waals surface area contributed by atoms with Crippen molar-refractivity contribution in [1.82, 2.24) is 19.4 Å². The van der Waals surface area contributed by atoms with Crippen LogP contribution in [0.1, 0.15) is 22.4 Å². The maximum atomic E-state index is 9.04. The molecule has 10 heteroatoms. The molecule has 0 bridgehead atoms. The van der Waals surface area contributed by atoms with Gasteiger partial charge in [0.2, 0.25) is 5.88 Å². The van der Waals surface area contributed by atoms with Gasteiger partial charge in [0.05, 0.1) is 47.0 Å². The fourth-order valence-electron chi connectivity index (χ4n) is 3.74. The molecule has 0 aliphatic rings. The first-order valence-electron chi connectivity index (χ1n) is 11.4. The number of nitrogens with one attached hydrogen (secondary N) is 1. The Labute approximate surface area is 231 Å². The lowest BCUT2D eigenvalue weighted by Gasteiger charge is -2.27. The monoisotopic (exact) mass is 550 g/mol. The molecule has 0 aliphatic carbocycles. The number of anilines is 1. The summed E-state index contributed by atoms with van der Waals surface area (Å²) in [7, 11) is 1.57. The molecule has 0 amide bonds.